The normalized spacial score (nSPS) is 11.6. The zero-order chi connectivity index (χ0) is 18.4. The Morgan fingerprint density at radius 1 is 0.926 bits per heavy atom. The lowest BCUT2D eigenvalue weighted by atomic mass is 10.3. The quantitative estimate of drug-likeness (QED) is 0.326. The summed E-state index contributed by atoms with van der Waals surface area (Å²) in [5.41, 5.74) is 2.99. The highest BCUT2D eigenvalue weighted by Gasteiger charge is 2.13. The van der Waals surface area contributed by atoms with Gasteiger partial charge in [0.05, 0.1) is 37.3 Å². The van der Waals surface area contributed by atoms with Crippen molar-refractivity contribution in [3.05, 3.63) is 30.3 Å². The first kappa shape index (κ1) is 17.2. The van der Waals surface area contributed by atoms with E-state index in [1.807, 2.05) is 37.3 Å². The number of hydrogen-bond acceptors (Lipinski definition) is 9. The van der Waals surface area contributed by atoms with Crippen molar-refractivity contribution < 1.29 is 4.74 Å². The third kappa shape index (κ3) is 3.14. The summed E-state index contributed by atoms with van der Waals surface area (Å²) in [5.74, 6) is 0.873. The summed E-state index contributed by atoms with van der Waals surface area (Å²) in [5, 5.41) is 5.06. The van der Waals surface area contributed by atoms with Crippen LogP contribution in [0.25, 0.3) is 30.6 Å². The van der Waals surface area contributed by atoms with Gasteiger partial charge < -0.3 is 10.1 Å². The molecular weight excluding hydrogens is 416 g/mol. The van der Waals surface area contributed by atoms with Gasteiger partial charge >= 0.3 is 0 Å². The summed E-state index contributed by atoms with van der Waals surface area (Å²) in [7, 11) is 0. The lowest BCUT2D eigenvalue weighted by Crippen LogP contribution is -1.90. The van der Waals surface area contributed by atoms with Gasteiger partial charge in [-0.25, -0.2) is 15.0 Å². The molecule has 2 aromatic carbocycles. The largest absolute Gasteiger partial charge is 0.494 e. The minimum absolute atomic E-state index is 0.658. The number of anilines is 2. The molecule has 0 atom stereocenters. The van der Waals surface area contributed by atoms with Gasteiger partial charge in [0.25, 0.3) is 0 Å². The van der Waals surface area contributed by atoms with Crippen molar-refractivity contribution in [2.75, 3.05) is 18.2 Å². The van der Waals surface area contributed by atoms with Crippen molar-refractivity contribution in [3.8, 4) is 5.75 Å². The molecule has 0 saturated carbocycles. The van der Waals surface area contributed by atoms with Crippen molar-refractivity contribution in [2.45, 2.75) is 11.3 Å². The predicted octanol–water partition coefficient (Wildman–Crippen LogP) is 6.38. The summed E-state index contributed by atoms with van der Waals surface area (Å²) in [6.07, 6.45) is 2.05. The van der Waals surface area contributed by atoms with Crippen molar-refractivity contribution >= 4 is 86.7 Å². The van der Waals surface area contributed by atoms with Gasteiger partial charge in [-0.3, -0.25) is 0 Å². The van der Waals surface area contributed by atoms with Crippen LogP contribution in [0.1, 0.15) is 6.92 Å². The fraction of sp³-hybridized carbons (Fsp3) is 0.167. The molecule has 0 aliphatic carbocycles. The zero-order valence-corrected chi connectivity index (χ0v) is 17.7. The molecule has 5 aromatic rings. The lowest BCUT2D eigenvalue weighted by molar-refractivity contribution is 0.341. The topological polar surface area (TPSA) is 59.9 Å². The summed E-state index contributed by atoms with van der Waals surface area (Å²) < 4.78 is 10.1. The number of nitrogens with zero attached hydrogens (tertiary/aromatic N) is 3. The van der Waals surface area contributed by atoms with Gasteiger partial charge in [0.1, 0.15) is 5.75 Å². The Bertz CT molecular complexity index is 1270. The predicted molar refractivity (Wildman–Crippen MR) is 119 cm³/mol. The van der Waals surface area contributed by atoms with Gasteiger partial charge in [-0.1, -0.05) is 34.4 Å². The van der Waals surface area contributed by atoms with Crippen LogP contribution in [0.4, 0.5) is 10.3 Å². The molecule has 0 fully saturated rings. The molecule has 0 bridgehead atoms. The smallest absolute Gasteiger partial charge is 0.190 e. The second-order valence-electron chi connectivity index (χ2n) is 5.67. The SMILES string of the molecule is CCOc1ccc2nc(Nc3nc4ccc5nc(SC)sc5c4s3)sc2c1. The van der Waals surface area contributed by atoms with E-state index in [0.29, 0.717) is 6.61 Å². The molecule has 5 nitrogen and oxygen atoms in total. The maximum absolute atomic E-state index is 5.58. The first-order valence-electron chi connectivity index (χ1n) is 8.28. The number of ether oxygens (including phenoxy) is 1. The Morgan fingerprint density at radius 2 is 1.63 bits per heavy atom. The lowest BCUT2D eigenvalue weighted by Gasteiger charge is -2.00. The first-order valence-corrected chi connectivity index (χ1v) is 12.0. The van der Waals surface area contributed by atoms with Crippen LogP contribution in [0.15, 0.2) is 34.7 Å². The van der Waals surface area contributed by atoms with Gasteiger partial charge in [-0.05, 0) is 43.5 Å². The maximum atomic E-state index is 5.58. The van der Waals surface area contributed by atoms with E-state index in [-0.39, 0.29) is 0 Å². The molecule has 0 radical (unpaired) electrons. The monoisotopic (exact) mass is 430 g/mol. The summed E-state index contributed by atoms with van der Waals surface area (Å²) in [6, 6.07) is 10.1. The third-order valence-electron chi connectivity index (χ3n) is 3.95. The highest BCUT2D eigenvalue weighted by atomic mass is 32.2. The number of fused-ring (bicyclic) bond motifs is 4. The zero-order valence-electron chi connectivity index (χ0n) is 14.5. The molecule has 0 spiro atoms. The number of benzene rings is 2. The number of thioether (sulfide) groups is 1. The molecule has 5 rings (SSSR count). The highest BCUT2D eigenvalue weighted by Crippen LogP contribution is 2.39. The highest BCUT2D eigenvalue weighted by molar-refractivity contribution is 8.00. The van der Waals surface area contributed by atoms with Gasteiger partial charge in [0.2, 0.25) is 0 Å². The fourth-order valence-corrected chi connectivity index (χ4v) is 6.42. The molecule has 3 aromatic heterocycles. The third-order valence-corrected chi connectivity index (χ3v) is 8.09. The molecule has 27 heavy (non-hydrogen) atoms. The summed E-state index contributed by atoms with van der Waals surface area (Å²) in [4.78, 5) is 14.0. The second-order valence-corrected chi connectivity index (χ2v) is 9.75. The van der Waals surface area contributed by atoms with E-state index in [1.165, 1.54) is 9.40 Å². The van der Waals surface area contributed by atoms with Gasteiger partial charge in [-0.2, -0.15) is 0 Å². The molecule has 136 valence electrons. The Kier molecular flexibility index (Phi) is 4.39. The molecule has 1 N–H and O–H groups in total. The first-order chi connectivity index (χ1) is 13.2. The van der Waals surface area contributed by atoms with Gasteiger partial charge in [0, 0.05) is 0 Å². The van der Waals surface area contributed by atoms with Crippen LogP contribution in [0, 0.1) is 0 Å². The molecule has 0 amide bonds. The van der Waals surface area contributed by atoms with E-state index in [4.69, 9.17) is 9.72 Å². The van der Waals surface area contributed by atoms with Crippen LogP contribution in [0.2, 0.25) is 0 Å². The van der Waals surface area contributed by atoms with Crippen LogP contribution in [0.5, 0.6) is 5.75 Å². The number of rotatable bonds is 5. The molecule has 9 heteroatoms. The van der Waals surface area contributed by atoms with Gasteiger partial charge in [0.15, 0.2) is 14.6 Å². The van der Waals surface area contributed by atoms with Crippen molar-refractivity contribution in [3.63, 3.8) is 0 Å². The minimum Gasteiger partial charge on any atom is -0.494 e. The van der Waals surface area contributed by atoms with E-state index < -0.39 is 0 Å². The maximum Gasteiger partial charge on any atom is 0.190 e. The van der Waals surface area contributed by atoms with Crippen molar-refractivity contribution in [1.29, 1.82) is 0 Å². The Morgan fingerprint density at radius 3 is 2.44 bits per heavy atom. The van der Waals surface area contributed by atoms with E-state index in [9.17, 15) is 0 Å². The number of aromatic nitrogens is 3. The van der Waals surface area contributed by atoms with Gasteiger partial charge in [-0.15, -0.1) is 11.3 Å². The van der Waals surface area contributed by atoms with Crippen molar-refractivity contribution in [2.24, 2.45) is 0 Å². The van der Waals surface area contributed by atoms with E-state index in [1.54, 1.807) is 45.8 Å². The van der Waals surface area contributed by atoms with E-state index in [2.05, 4.69) is 21.5 Å². The molecule has 0 saturated heterocycles. The average molecular weight is 431 g/mol. The van der Waals surface area contributed by atoms with Crippen LogP contribution >= 0.6 is 45.8 Å². The van der Waals surface area contributed by atoms with Crippen LogP contribution in [0.3, 0.4) is 0 Å². The standard InChI is InChI=1S/C18H14N4OS4/c1-3-23-9-4-5-10-13(8-9)25-16(19-10)22-17-20-11-6-7-12-15(14(11)26-17)27-18(21-12)24-2/h4-8H,3H2,1-2H3,(H,19,20,22). The molecule has 0 aliphatic rings. The molecule has 0 aliphatic heterocycles. The Labute approximate surface area is 171 Å². The Hall–Kier alpha value is -1.94. The van der Waals surface area contributed by atoms with Crippen LogP contribution < -0.4 is 10.1 Å². The molecular formula is C18H14N4OS4. The summed E-state index contributed by atoms with van der Waals surface area (Å²) in [6.45, 7) is 2.64. The van der Waals surface area contributed by atoms with Crippen LogP contribution in [-0.4, -0.2) is 27.8 Å². The summed E-state index contributed by atoms with van der Waals surface area (Å²) >= 11 is 6.65. The molecule has 0 unspecified atom stereocenters. The second kappa shape index (κ2) is 6.90. The number of hydrogen-bond donors (Lipinski definition) is 1. The number of thiazole rings is 3. The van der Waals surface area contributed by atoms with Crippen LogP contribution in [-0.2, 0) is 0 Å². The fourth-order valence-electron chi connectivity index (χ4n) is 2.80. The average Bonchev–Trinajstić information content (AvgIpc) is 3.36. The minimum atomic E-state index is 0.658. The van der Waals surface area contributed by atoms with E-state index >= 15 is 0 Å². The Balaban J connectivity index is 1.51. The van der Waals surface area contributed by atoms with E-state index in [0.717, 1.165) is 41.6 Å². The number of nitrogens with one attached hydrogen (secondary N) is 1. The van der Waals surface area contributed by atoms with Crippen molar-refractivity contribution in [1.82, 2.24) is 15.0 Å². The molecule has 3 heterocycles.